The van der Waals surface area contributed by atoms with E-state index in [1.807, 2.05) is 72.5 Å². The number of ketones is 3. The van der Waals surface area contributed by atoms with Gasteiger partial charge in [-0.15, -0.1) is 0 Å². The Morgan fingerprint density at radius 1 is 0.829 bits per heavy atom. The third kappa shape index (κ3) is 3.35. The van der Waals surface area contributed by atoms with Crippen molar-refractivity contribution >= 4 is 34.8 Å². The molecule has 0 bridgehead atoms. The smallest absolute Gasteiger partial charge is 0.269 e. The second-order valence-corrected chi connectivity index (χ2v) is 10.8. The minimum absolute atomic E-state index is 0.125. The molecule has 7 rings (SSSR count). The molecule has 0 aromatic heterocycles. The summed E-state index contributed by atoms with van der Waals surface area (Å²) in [6.07, 6.45) is 3.81. The summed E-state index contributed by atoms with van der Waals surface area (Å²) in [5, 5.41) is 11.3. The van der Waals surface area contributed by atoms with Gasteiger partial charge in [-0.25, -0.2) is 0 Å². The average Bonchev–Trinajstić information content (AvgIpc) is 3.43. The van der Waals surface area contributed by atoms with Crippen LogP contribution in [0.15, 0.2) is 103 Å². The summed E-state index contributed by atoms with van der Waals surface area (Å²) in [5.74, 6) is -1.71. The quantitative estimate of drug-likeness (QED) is 0.132. The van der Waals surface area contributed by atoms with Crippen LogP contribution in [-0.2, 0) is 0 Å². The largest absolute Gasteiger partial charge is 0.352 e. The van der Waals surface area contributed by atoms with E-state index >= 15 is 0 Å². The van der Waals surface area contributed by atoms with E-state index in [0.29, 0.717) is 16.7 Å². The second kappa shape index (κ2) is 8.93. The number of rotatable bonds is 4. The number of nitrogens with zero attached hydrogens (tertiary/aromatic N) is 2. The van der Waals surface area contributed by atoms with Crippen LogP contribution in [0.1, 0.15) is 53.7 Å². The Labute approximate surface area is 235 Å². The van der Waals surface area contributed by atoms with E-state index in [4.69, 9.17) is 0 Å². The Bertz CT molecular complexity index is 1770. The van der Waals surface area contributed by atoms with E-state index in [1.54, 1.807) is 24.3 Å². The number of carbonyl (C=O) groups excluding carboxylic acids is 3. The van der Waals surface area contributed by atoms with Gasteiger partial charge in [0.05, 0.1) is 11.0 Å². The number of nitro benzene ring substituents is 1. The molecule has 2 aliphatic heterocycles. The van der Waals surface area contributed by atoms with Gasteiger partial charge in [0.1, 0.15) is 11.5 Å². The Morgan fingerprint density at radius 3 is 2.07 bits per heavy atom. The zero-order valence-electron chi connectivity index (χ0n) is 22.1. The molecule has 0 radical (unpaired) electrons. The van der Waals surface area contributed by atoms with Gasteiger partial charge in [-0.3, -0.25) is 24.5 Å². The van der Waals surface area contributed by atoms with Gasteiger partial charge in [0, 0.05) is 40.4 Å². The molecule has 0 N–H and O–H groups in total. The fraction of sp³-hybridized carbons (Fsp3) is 0.147. The molecule has 1 spiro atoms. The van der Waals surface area contributed by atoms with E-state index in [1.165, 1.54) is 24.3 Å². The maximum Gasteiger partial charge on any atom is 0.269 e. The first-order valence-corrected chi connectivity index (χ1v) is 13.4. The van der Waals surface area contributed by atoms with Crippen LogP contribution in [0.25, 0.3) is 6.08 Å². The number of Topliss-reactive ketones (excluding diaryl/α,β-unsaturated/α-hetero) is 3. The van der Waals surface area contributed by atoms with Gasteiger partial charge >= 0.3 is 0 Å². The highest BCUT2D eigenvalue weighted by Gasteiger charge is 2.71. The number of hydrogen-bond donors (Lipinski definition) is 0. The normalized spacial score (nSPS) is 21.5. The van der Waals surface area contributed by atoms with E-state index in [9.17, 15) is 24.5 Å². The molecule has 7 heteroatoms. The fourth-order valence-electron chi connectivity index (χ4n) is 6.98. The van der Waals surface area contributed by atoms with Gasteiger partial charge in [0.25, 0.3) is 5.69 Å². The zero-order valence-corrected chi connectivity index (χ0v) is 22.1. The van der Waals surface area contributed by atoms with Crippen LogP contribution in [0.4, 0.5) is 11.4 Å². The van der Waals surface area contributed by atoms with Crippen molar-refractivity contribution in [3.63, 3.8) is 0 Å². The summed E-state index contributed by atoms with van der Waals surface area (Å²) < 4.78 is 0. The van der Waals surface area contributed by atoms with Crippen molar-refractivity contribution in [2.45, 2.75) is 24.9 Å². The molecular weight excluding hydrogens is 516 g/mol. The standard InChI is InChI=1S/C34H24N2O5/c1-20-10-12-22(13-11-20)29-30(31(37)23-14-17-24(18-15-23)36(40)41)35-27-9-5-2-6-21(27)16-19-28(35)34(29)32(38)25-7-3-4-8-26(25)33(34)39/h2-19,28-30H,1H3/t28-,29-,30+/m1/s1. The average molecular weight is 541 g/mol. The fourth-order valence-corrected chi connectivity index (χ4v) is 6.98. The lowest BCUT2D eigenvalue weighted by Crippen LogP contribution is -2.48. The van der Waals surface area contributed by atoms with Gasteiger partial charge in [0.2, 0.25) is 0 Å². The van der Waals surface area contributed by atoms with Crippen LogP contribution in [0.5, 0.6) is 0 Å². The lowest BCUT2D eigenvalue weighted by Gasteiger charge is -2.37. The summed E-state index contributed by atoms with van der Waals surface area (Å²) >= 11 is 0. The summed E-state index contributed by atoms with van der Waals surface area (Å²) in [4.78, 5) is 56.6. The van der Waals surface area contributed by atoms with Crippen molar-refractivity contribution in [1.82, 2.24) is 0 Å². The number of benzene rings is 4. The SMILES string of the molecule is Cc1ccc([C@@H]2[C@@H](C(=O)c3ccc([N+](=O)[O-])cc3)N3c4ccccc4C=C[C@@H]3C23C(=O)c2ccccc2C3=O)cc1. The van der Waals surface area contributed by atoms with Crippen LogP contribution < -0.4 is 4.90 Å². The molecule has 1 saturated heterocycles. The molecule has 200 valence electrons. The second-order valence-electron chi connectivity index (χ2n) is 10.8. The Kier molecular flexibility index (Phi) is 5.41. The van der Waals surface area contributed by atoms with Crippen molar-refractivity contribution in [2.24, 2.45) is 5.41 Å². The number of hydrogen-bond acceptors (Lipinski definition) is 6. The van der Waals surface area contributed by atoms with Crippen LogP contribution in [0.3, 0.4) is 0 Å². The lowest BCUT2D eigenvalue weighted by molar-refractivity contribution is -0.384. The summed E-state index contributed by atoms with van der Waals surface area (Å²) in [6, 6.07) is 26.0. The van der Waals surface area contributed by atoms with Gasteiger partial charge in [0.15, 0.2) is 17.3 Å². The Hall–Kier alpha value is -5.17. The Balaban J connectivity index is 1.52. The van der Waals surface area contributed by atoms with E-state index in [2.05, 4.69) is 0 Å². The Morgan fingerprint density at radius 2 is 1.44 bits per heavy atom. The first-order chi connectivity index (χ1) is 19.8. The first kappa shape index (κ1) is 24.8. The molecule has 0 saturated carbocycles. The number of non-ortho nitro benzene ring substituents is 1. The molecule has 2 heterocycles. The molecule has 7 nitrogen and oxygen atoms in total. The van der Waals surface area contributed by atoms with Crippen molar-refractivity contribution in [1.29, 1.82) is 0 Å². The van der Waals surface area contributed by atoms with Gasteiger partial charge in [-0.1, -0.05) is 84.4 Å². The monoisotopic (exact) mass is 540 g/mol. The van der Waals surface area contributed by atoms with Crippen molar-refractivity contribution < 1.29 is 19.3 Å². The van der Waals surface area contributed by atoms with Crippen LogP contribution in [0, 0.1) is 22.5 Å². The van der Waals surface area contributed by atoms with Crippen LogP contribution >= 0.6 is 0 Å². The van der Waals surface area contributed by atoms with Crippen LogP contribution in [-0.4, -0.2) is 34.4 Å². The molecule has 3 aliphatic rings. The maximum absolute atomic E-state index is 14.6. The highest BCUT2D eigenvalue weighted by Crippen LogP contribution is 2.60. The maximum atomic E-state index is 14.6. The summed E-state index contributed by atoms with van der Waals surface area (Å²) in [7, 11) is 0. The highest BCUT2D eigenvalue weighted by atomic mass is 16.6. The van der Waals surface area contributed by atoms with E-state index < -0.39 is 28.3 Å². The van der Waals surface area contributed by atoms with Gasteiger partial charge in [-0.05, 0) is 36.2 Å². The number of carbonyl (C=O) groups is 3. The number of aryl methyl sites for hydroxylation is 1. The molecule has 0 amide bonds. The molecule has 0 unspecified atom stereocenters. The third-order valence-corrected chi connectivity index (χ3v) is 8.78. The van der Waals surface area contributed by atoms with Crippen molar-refractivity contribution in [3.05, 3.63) is 147 Å². The topological polar surface area (TPSA) is 97.6 Å². The summed E-state index contributed by atoms with van der Waals surface area (Å²) in [6.45, 7) is 1.96. The van der Waals surface area contributed by atoms with Gasteiger partial charge < -0.3 is 4.90 Å². The zero-order chi connectivity index (χ0) is 28.5. The van der Waals surface area contributed by atoms with Crippen LogP contribution in [0.2, 0.25) is 0 Å². The number of para-hydroxylation sites is 1. The molecule has 4 aromatic rings. The van der Waals surface area contributed by atoms with Crippen molar-refractivity contribution in [2.75, 3.05) is 4.90 Å². The predicted octanol–water partition coefficient (Wildman–Crippen LogP) is 6.22. The number of nitro groups is 1. The van der Waals surface area contributed by atoms with E-state index in [0.717, 1.165) is 16.8 Å². The first-order valence-electron chi connectivity index (χ1n) is 13.4. The molecular formula is C34H24N2O5. The highest BCUT2D eigenvalue weighted by molar-refractivity contribution is 6.32. The van der Waals surface area contributed by atoms with Crippen molar-refractivity contribution in [3.8, 4) is 0 Å². The summed E-state index contributed by atoms with van der Waals surface area (Å²) in [5.41, 5.74) is 2.65. The van der Waals surface area contributed by atoms with E-state index in [-0.39, 0.29) is 28.6 Å². The molecule has 4 aromatic carbocycles. The molecule has 1 fully saturated rings. The predicted molar refractivity (Wildman–Crippen MR) is 154 cm³/mol. The molecule has 1 aliphatic carbocycles. The lowest BCUT2D eigenvalue weighted by atomic mass is 9.64. The third-order valence-electron chi connectivity index (χ3n) is 8.78. The minimum atomic E-state index is -1.58. The minimum Gasteiger partial charge on any atom is -0.352 e. The number of anilines is 1. The number of fused-ring (bicyclic) bond motifs is 5. The van der Waals surface area contributed by atoms with Gasteiger partial charge in [-0.2, -0.15) is 0 Å². The molecule has 41 heavy (non-hydrogen) atoms. The molecule has 3 atom stereocenters.